The predicted octanol–water partition coefficient (Wildman–Crippen LogP) is 3.20. The molecule has 2 atom stereocenters. The molecule has 0 spiro atoms. The van der Waals surface area contributed by atoms with E-state index in [1.165, 1.54) is 32.4 Å². The number of nitrogens with one attached hydrogen (secondary N) is 1. The SMILES string of the molecule is CC(C)(C)OC(=O)C12CC(CN1)N(c1ccc(OCCCN3CCCCC3)cc1)C2. The van der Waals surface area contributed by atoms with Crippen LogP contribution in [-0.2, 0) is 9.53 Å². The van der Waals surface area contributed by atoms with Crippen LogP contribution in [0.15, 0.2) is 24.3 Å². The average Bonchev–Trinajstić information content (AvgIpc) is 3.32. The third-order valence-corrected chi connectivity index (χ3v) is 6.44. The zero-order valence-corrected chi connectivity index (χ0v) is 18.8. The predicted molar refractivity (Wildman–Crippen MR) is 119 cm³/mol. The summed E-state index contributed by atoms with van der Waals surface area (Å²) in [5.74, 6) is 0.787. The van der Waals surface area contributed by atoms with Gasteiger partial charge < -0.3 is 19.3 Å². The average molecular weight is 416 g/mol. The van der Waals surface area contributed by atoms with Crippen molar-refractivity contribution in [3.05, 3.63) is 24.3 Å². The van der Waals surface area contributed by atoms with E-state index in [4.69, 9.17) is 9.47 Å². The Morgan fingerprint density at radius 3 is 2.60 bits per heavy atom. The Bertz CT molecular complexity index is 724. The van der Waals surface area contributed by atoms with Gasteiger partial charge in [0.1, 0.15) is 16.9 Å². The quantitative estimate of drug-likeness (QED) is 0.545. The highest BCUT2D eigenvalue weighted by molar-refractivity contribution is 5.84. The van der Waals surface area contributed by atoms with Crippen LogP contribution >= 0.6 is 0 Å². The summed E-state index contributed by atoms with van der Waals surface area (Å²) in [6.07, 6.45) is 5.93. The number of hydrogen-bond donors (Lipinski definition) is 1. The summed E-state index contributed by atoms with van der Waals surface area (Å²) in [6, 6.07) is 8.66. The summed E-state index contributed by atoms with van der Waals surface area (Å²) in [5, 5.41) is 3.42. The van der Waals surface area contributed by atoms with Gasteiger partial charge in [0, 0.05) is 31.4 Å². The summed E-state index contributed by atoms with van der Waals surface area (Å²) in [7, 11) is 0. The summed E-state index contributed by atoms with van der Waals surface area (Å²) < 4.78 is 11.7. The summed E-state index contributed by atoms with van der Waals surface area (Å²) in [5.41, 5.74) is 0.0979. The Balaban J connectivity index is 1.27. The third kappa shape index (κ3) is 4.92. The molecule has 30 heavy (non-hydrogen) atoms. The van der Waals surface area contributed by atoms with E-state index >= 15 is 0 Å². The van der Waals surface area contributed by atoms with Crippen LogP contribution in [0.3, 0.4) is 0 Å². The van der Waals surface area contributed by atoms with Crippen molar-refractivity contribution in [3.63, 3.8) is 0 Å². The van der Waals surface area contributed by atoms with Gasteiger partial charge in [-0.3, -0.25) is 5.32 Å². The molecule has 0 saturated carbocycles. The minimum absolute atomic E-state index is 0.131. The van der Waals surface area contributed by atoms with Crippen molar-refractivity contribution < 1.29 is 14.3 Å². The lowest BCUT2D eigenvalue weighted by Crippen LogP contribution is -2.57. The second kappa shape index (κ2) is 8.75. The zero-order chi connectivity index (χ0) is 21.2. The summed E-state index contributed by atoms with van der Waals surface area (Å²) >= 11 is 0. The fourth-order valence-corrected chi connectivity index (χ4v) is 4.91. The van der Waals surface area contributed by atoms with Crippen LogP contribution in [0.4, 0.5) is 5.69 Å². The highest BCUT2D eigenvalue weighted by Gasteiger charge is 2.55. The summed E-state index contributed by atoms with van der Waals surface area (Å²) in [6.45, 7) is 11.6. The molecule has 3 aliphatic heterocycles. The molecule has 6 heteroatoms. The van der Waals surface area contributed by atoms with E-state index in [0.717, 1.165) is 44.0 Å². The molecule has 3 saturated heterocycles. The molecule has 0 amide bonds. The number of hydrogen-bond acceptors (Lipinski definition) is 6. The molecular weight excluding hydrogens is 378 g/mol. The fourth-order valence-electron chi connectivity index (χ4n) is 4.91. The molecule has 2 unspecified atom stereocenters. The number of fused-ring (bicyclic) bond motifs is 2. The number of ether oxygens (including phenoxy) is 2. The minimum atomic E-state index is -0.582. The molecule has 0 radical (unpaired) electrons. The zero-order valence-electron chi connectivity index (χ0n) is 18.8. The molecule has 3 aliphatic rings. The monoisotopic (exact) mass is 415 g/mol. The summed E-state index contributed by atoms with van der Waals surface area (Å²) in [4.78, 5) is 17.7. The van der Waals surface area contributed by atoms with E-state index < -0.39 is 11.1 Å². The van der Waals surface area contributed by atoms with Crippen molar-refractivity contribution in [1.82, 2.24) is 10.2 Å². The Labute approximate surface area is 180 Å². The lowest BCUT2D eigenvalue weighted by atomic mass is 10.00. The Hall–Kier alpha value is -1.79. The Kier molecular flexibility index (Phi) is 6.26. The number of nitrogens with zero attached hydrogens (tertiary/aromatic N) is 2. The van der Waals surface area contributed by atoms with Crippen molar-refractivity contribution in [2.75, 3.05) is 44.2 Å². The highest BCUT2D eigenvalue weighted by Crippen LogP contribution is 2.38. The molecule has 6 nitrogen and oxygen atoms in total. The van der Waals surface area contributed by atoms with Gasteiger partial charge in [-0.2, -0.15) is 0 Å². The van der Waals surface area contributed by atoms with Crippen molar-refractivity contribution >= 4 is 11.7 Å². The maximum Gasteiger partial charge on any atom is 0.328 e. The molecule has 3 fully saturated rings. The molecule has 1 N–H and O–H groups in total. The van der Waals surface area contributed by atoms with Crippen LogP contribution in [-0.4, -0.2) is 67.4 Å². The number of likely N-dealkylation sites (tertiary alicyclic amines) is 1. The number of piperidine rings is 1. The first-order valence-electron chi connectivity index (χ1n) is 11.6. The van der Waals surface area contributed by atoms with Gasteiger partial charge in [-0.1, -0.05) is 6.42 Å². The lowest BCUT2D eigenvalue weighted by molar-refractivity contribution is -0.161. The van der Waals surface area contributed by atoms with Gasteiger partial charge in [0.05, 0.1) is 6.61 Å². The molecule has 0 aromatic heterocycles. The van der Waals surface area contributed by atoms with Crippen LogP contribution in [0.1, 0.15) is 52.9 Å². The van der Waals surface area contributed by atoms with Gasteiger partial charge in [-0.25, -0.2) is 4.79 Å². The number of benzene rings is 1. The Morgan fingerprint density at radius 2 is 1.90 bits per heavy atom. The van der Waals surface area contributed by atoms with E-state index in [0.29, 0.717) is 12.6 Å². The number of rotatable bonds is 7. The molecule has 166 valence electrons. The molecule has 0 aliphatic carbocycles. The topological polar surface area (TPSA) is 54.0 Å². The van der Waals surface area contributed by atoms with Crippen LogP contribution in [0.2, 0.25) is 0 Å². The van der Waals surface area contributed by atoms with E-state index in [1.54, 1.807) is 0 Å². The number of esters is 1. The van der Waals surface area contributed by atoms with E-state index in [1.807, 2.05) is 20.8 Å². The van der Waals surface area contributed by atoms with Crippen LogP contribution in [0.25, 0.3) is 0 Å². The second-order valence-electron chi connectivity index (χ2n) is 10.0. The van der Waals surface area contributed by atoms with Crippen LogP contribution in [0, 0.1) is 0 Å². The molecule has 2 bridgehead atoms. The second-order valence-corrected chi connectivity index (χ2v) is 10.0. The van der Waals surface area contributed by atoms with Gasteiger partial charge in [-0.15, -0.1) is 0 Å². The van der Waals surface area contributed by atoms with E-state index in [2.05, 4.69) is 39.4 Å². The first-order valence-corrected chi connectivity index (χ1v) is 11.6. The van der Waals surface area contributed by atoms with Gasteiger partial charge in [-0.05, 0) is 83.8 Å². The van der Waals surface area contributed by atoms with Crippen LogP contribution < -0.4 is 15.0 Å². The van der Waals surface area contributed by atoms with E-state index in [-0.39, 0.29) is 5.97 Å². The van der Waals surface area contributed by atoms with Crippen LogP contribution in [0.5, 0.6) is 5.75 Å². The molecule has 1 aromatic rings. The molecule has 3 heterocycles. The lowest BCUT2D eigenvalue weighted by Gasteiger charge is -2.35. The number of piperazine rings is 1. The minimum Gasteiger partial charge on any atom is -0.494 e. The molecule has 1 aromatic carbocycles. The number of carbonyl (C=O) groups excluding carboxylic acids is 1. The molecular formula is C24H37N3O3. The van der Waals surface area contributed by atoms with Crippen molar-refractivity contribution in [1.29, 1.82) is 0 Å². The van der Waals surface area contributed by atoms with Crippen molar-refractivity contribution in [2.45, 2.75) is 70.1 Å². The number of anilines is 1. The van der Waals surface area contributed by atoms with Crippen molar-refractivity contribution in [2.24, 2.45) is 0 Å². The highest BCUT2D eigenvalue weighted by atomic mass is 16.6. The molecule has 4 rings (SSSR count). The standard InChI is InChI=1S/C24H37N3O3/c1-23(2,3)30-22(28)24-16-20(17-25-24)27(18-24)19-8-10-21(11-9-19)29-15-7-14-26-12-5-4-6-13-26/h8-11,20,25H,4-7,12-18H2,1-3H3. The maximum absolute atomic E-state index is 12.8. The van der Waals surface area contributed by atoms with Gasteiger partial charge >= 0.3 is 5.97 Å². The normalized spacial score (nSPS) is 26.8. The largest absolute Gasteiger partial charge is 0.494 e. The first kappa shape index (κ1) is 21.4. The fraction of sp³-hybridized carbons (Fsp3) is 0.708. The third-order valence-electron chi connectivity index (χ3n) is 6.44. The van der Waals surface area contributed by atoms with E-state index in [9.17, 15) is 4.79 Å². The number of carbonyl (C=O) groups is 1. The maximum atomic E-state index is 12.8. The first-order chi connectivity index (χ1) is 14.3. The van der Waals surface area contributed by atoms with Gasteiger partial charge in [0.15, 0.2) is 0 Å². The van der Waals surface area contributed by atoms with Gasteiger partial charge in [0.25, 0.3) is 0 Å². The Morgan fingerprint density at radius 1 is 1.17 bits per heavy atom. The van der Waals surface area contributed by atoms with Gasteiger partial charge in [0.2, 0.25) is 0 Å². The smallest absolute Gasteiger partial charge is 0.328 e. The van der Waals surface area contributed by atoms with Crippen molar-refractivity contribution in [3.8, 4) is 5.75 Å².